The molecule has 0 saturated carbocycles. The average molecular weight is 592 g/mol. The van der Waals surface area contributed by atoms with E-state index in [1.165, 1.54) is 53.2 Å². The highest BCUT2D eigenvalue weighted by molar-refractivity contribution is 7.26. The normalized spacial score (nSPS) is 12.0. The molecule has 0 N–H and O–H groups in total. The molecule has 45 heavy (non-hydrogen) atoms. The molecule has 0 spiro atoms. The number of para-hydroxylation sites is 2. The molecule has 7 aromatic carbocycles. The Morgan fingerprint density at radius 2 is 1.16 bits per heavy atom. The predicted molar refractivity (Wildman–Crippen MR) is 192 cm³/mol. The van der Waals surface area contributed by atoms with E-state index >= 15 is 0 Å². The highest BCUT2D eigenvalue weighted by Crippen LogP contribution is 2.42. The van der Waals surface area contributed by atoms with Gasteiger partial charge in [0.2, 0.25) is 0 Å². The number of nitrogens with zero attached hydrogens (tertiary/aromatic N) is 1. The smallest absolute Gasteiger partial charge is 0.161 e. The summed E-state index contributed by atoms with van der Waals surface area (Å²) in [5, 5.41) is 7.57. The van der Waals surface area contributed by atoms with Crippen molar-refractivity contribution in [3.8, 4) is 27.9 Å². The van der Waals surface area contributed by atoms with Crippen LogP contribution in [0.15, 0.2) is 156 Å². The fourth-order valence-electron chi connectivity index (χ4n) is 7.08. The van der Waals surface area contributed by atoms with Crippen molar-refractivity contribution in [2.75, 3.05) is 0 Å². The molecular weight excluding hydrogens is 567 g/mol. The van der Waals surface area contributed by atoms with Crippen LogP contribution in [0.2, 0.25) is 0 Å². The Labute approximate surface area is 263 Å². The second kappa shape index (κ2) is 9.43. The maximum atomic E-state index is 6.50. The molecule has 0 aliphatic heterocycles. The van der Waals surface area contributed by atoms with Gasteiger partial charge in [-0.2, -0.15) is 0 Å². The van der Waals surface area contributed by atoms with Crippen LogP contribution in [0.5, 0.6) is 0 Å². The van der Waals surface area contributed by atoms with E-state index in [-0.39, 0.29) is 0 Å². The summed E-state index contributed by atoms with van der Waals surface area (Å²) in [4.78, 5) is 0. The molecule has 0 unspecified atom stereocenters. The molecule has 3 aromatic heterocycles. The maximum Gasteiger partial charge on any atom is 0.161 e. The molecule has 0 bridgehead atoms. The first-order valence-electron chi connectivity index (χ1n) is 15.3. The zero-order chi connectivity index (χ0) is 29.5. The number of thiophene rings is 1. The van der Waals surface area contributed by atoms with Crippen LogP contribution in [0.4, 0.5) is 0 Å². The van der Waals surface area contributed by atoms with Crippen molar-refractivity contribution in [1.29, 1.82) is 0 Å². The van der Waals surface area contributed by atoms with Crippen molar-refractivity contribution in [3.05, 3.63) is 152 Å². The third kappa shape index (κ3) is 3.68. The first-order valence-corrected chi connectivity index (χ1v) is 16.1. The van der Waals surface area contributed by atoms with Crippen LogP contribution in [-0.4, -0.2) is 4.57 Å². The molecule has 0 aliphatic rings. The van der Waals surface area contributed by atoms with Gasteiger partial charge in [0, 0.05) is 36.6 Å². The molecule has 3 heterocycles. The molecule has 0 amide bonds. The molecule has 210 valence electrons. The summed E-state index contributed by atoms with van der Waals surface area (Å²) < 4.78 is 11.5. The summed E-state index contributed by atoms with van der Waals surface area (Å²) in [6, 6.07) is 54.7. The standard InChI is InChI=1S/C42H25NOS/c1-2-9-31(10-3-1)43-36-13-7-6-12-33(36)42-41(43)35-24-29(19-22-37(35)44-42)26-14-16-27(17-15-26)30-18-21-34-39(25-30)45-38-23-20-28-8-4-5-11-32(28)40(34)38/h1-25H. The zero-order valence-electron chi connectivity index (χ0n) is 24.2. The van der Waals surface area contributed by atoms with Gasteiger partial charge in [-0.15, -0.1) is 11.3 Å². The molecular formula is C42H25NOS. The quantitative estimate of drug-likeness (QED) is 0.200. The van der Waals surface area contributed by atoms with E-state index in [2.05, 4.69) is 156 Å². The van der Waals surface area contributed by atoms with Gasteiger partial charge in [-0.25, -0.2) is 0 Å². The molecule has 3 heteroatoms. The van der Waals surface area contributed by atoms with Gasteiger partial charge >= 0.3 is 0 Å². The average Bonchev–Trinajstić information content (AvgIpc) is 3.77. The van der Waals surface area contributed by atoms with E-state index in [1.807, 2.05) is 11.3 Å². The van der Waals surface area contributed by atoms with Crippen molar-refractivity contribution in [1.82, 2.24) is 4.57 Å². The van der Waals surface area contributed by atoms with Gasteiger partial charge in [0.15, 0.2) is 5.58 Å². The second-order valence-electron chi connectivity index (χ2n) is 11.7. The highest BCUT2D eigenvalue weighted by atomic mass is 32.1. The number of aromatic nitrogens is 1. The van der Waals surface area contributed by atoms with Crippen molar-refractivity contribution >= 4 is 75.3 Å². The van der Waals surface area contributed by atoms with E-state index < -0.39 is 0 Å². The molecule has 10 rings (SSSR count). The third-order valence-corrected chi connectivity index (χ3v) is 10.3. The predicted octanol–water partition coefficient (Wildman–Crippen LogP) is 12.4. The number of rotatable bonds is 3. The van der Waals surface area contributed by atoms with Gasteiger partial charge in [0.1, 0.15) is 11.1 Å². The summed E-state index contributed by atoms with van der Waals surface area (Å²) in [5.74, 6) is 0. The second-order valence-corrected chi connectivity index (χ2v) is 12.8. The summed E-state index contributed by atoms with van der Waals surface area (Å²) in [6.45, 7) is 0. The number of furan rings is 1. The van der Waals surface area contributed by atoms with Crippen LogP contribution in [-0.2, 0) is 0 Å². The molecule has 2 nitrogen and oxygen atoms in total. The van der Waals surface area contributed by atoms with E-state index in [9.17, 15) is 0 Å². The summed E-state index contributed by atoms with van der Waals surface area (Å²) in [5.41, 5.74) is 10.0. The maximum absolute atomic E-state index is 6.50. The monoisotopic (exact) mass is 591 g/mol. The van der Waals surface area contributed by atoms with Gasteiger partial charge in [0.05, 0.1) is 5.52 Å². The Morgan fingerprint density at radius 1 is 0.467 bits per heavy atom. The number of benzene rings is 7. The van der Waals surface area contributed by atoms with Crippen LogP contribution in [0, 0.1) is 0 Å². The fraction of sp³-hybridized carbons (Fsp3) is 0. The number of hydrogen-bond acceptors (Lipinski definition) is 2. The Balaban J connectivity index is 1.07. The SMILES string of the molecule is c1ccc(-n2c3ccccc3c3oc4ccc(-c5ccc(-c6ccc7c(c6)sc6ccc8ccccc8c67)cc5)cc4c32)cc1. The lowest BCUT2D eigenvalue weighted by Gasteiger charge is -2.08. The topological polar surface area (TPSA) is 18.1 Å². The Morgan fingerprint density at radius 3 is 2.00 bits per heavy atom. The first-order chi connectivity index (χ1) is 22.3. The minimum absolute atomic E-state index is 0.903. The molecule has 10 aromatic rings. The Hall–Kier alpha value is -5.64. The minimum Gasteiger partial charge on any atom is -0.454 e. The summed E-state index contributed by atoms with van der Waals surface area (Å²) in [7, 11) is 0. The molecule has 0 fully saturated rings. The van der Waals surface area contributed by atoms with Gasteiger partial charge in [0.25, 0.3) is 0 Å². The van der Waals surface area contributed by atoms with Crippen LogP contribution in [0.25, 0.3) is 91.9 Å². The van der Waals surface area contributed by atoms with Gasteiger partial charge in [-0.05, 0) is 81.6 Å². The van der Waals surface area contributed by atoms with Crippen molar-refractivity contribution in [2.24, 2.45) is 0 Å². The van der Waals surface area contributed by atoms with E-state index in [1.54, 1.807) is 0 Å². The molecule has 0 atom stereocenters. The number of fused-ring (bicyclic) bond motifs is 10. The Bertz CT molecular complexity index is 2740. The van der Waals surface area contributed by atoms with Gasteiger partial charge < -0.3 is 8.98 Å². The Kier molecular flexibility index (Phi) is 5.19. The van der Waals surface area contributed by atoms with Crippen LogP contribution >= 0.6 is 11.3 Å². The molecule has 0 radical (unpaired) electrons. The lowest BCUT2D eigenvalue weighted by Crippen LogP contribution is -1.92. The first kappa shape index (κ1) is 24.8. The lowest BCUT2D eigenvalue weighted by molar-refractivity contribution is 0.673. The van der Waals surface area contributed by atoms with Crippen LogP contribution in [0.1, 0.15) is 0 Å². The summed E-state index contributed by atoms with van der Waals surface area (Å²) >= 11 is 1.88. The van der Waals surface area contributed by atoms with Crippen LogP contribution in [0.3, 0.4) is 0 Å². The van der Waals surface area contributed by atoms with E-state index in [4.69, 9.17) is 4.42 Å². The third-order valence-electron chi connectivity index (χ3n) is 9.20. The van der Waals surface area contributed by atoms with Crippen LogP contribution < -0.4 is 0 Å². The highest BCUT2D eigenvalue weighted by Gasteiger charge is 2.19. The molecule has 0 aliphatic carbocycles. The van der Waals surface area contributed by atoms with E-state index in [0.29, 0.717) is 0 Å². The van der Waals surface area contributed by atoms with Gasteiger partial charge in [-0.1, -0.05) is 103 Å². The fourth-order valence-corrected chi connectivity index (χ4v) is 8.24. The lowest BCUT2D eigenvalue weighted by atomic mass is 9.98. The largest absolute Gasteiger partial charge is 0.454 e. The van der Waals surface area contributed by atoms with Crippen molar-refractivity contribution in [3.63, 3.8) is 0 Å². The molecule has 0 saturated heterocycles. The zero-order valence-corrected chi connectivity index (χ0v) is 25.0. The van der Waals surface area contributed by atoms with E-state index in [0.717, 1.165) is 38.7 Å². The number of hydrogen-bond donors (Lipinski definition) is 0. The van der Waals surface area contributed by atoms with Gasteiger partial charge in [-0.3, -0.25) is 0 Å². The van der Waals surface area contributed by atoms with Crippen molar-refractivity contribution < 1.29 is 4.42 Å². The minimum atomic E-state index is 0.903. The summed E-state index contributed by atoms with van der Waals surface area (Å²) in [6.07, 6.45) is 0. The van der Waals surface area contributed by atoms with Crippen molar-refractivity contribution in [2.45, 2.75) is 0 Å².